The molecule has 0 saturated carbocycles. The molecule has 0 amide bonds. The number of carboxylic acid groups (broad SMARTS) is 1. The van der Waals surface area contributed by atoms with E-state index in [-0.39, 0.29) is 17.9 Å². The predicted molar refractivity (Wildman–Crippen MR) is 72.3 cm³/mol. The van der Waals surface area contributed by atoms with Crippen molar-refractivity contribution >= 4 is 17.4 Å². The number of nitrogens with one attached hydrogen (secondary N) is 1. The maximum atomic E-state index is 11.0. The molecule has 1 atom stereocenters. The summed E-state index contributed by atoms with van der Waals surface area (Å²) in [5.74, 6) is -0.282. The zero-order valence-electron chi connectivity index (χ0n) is 11.7. The molecule has 2 rings (SSSR count). The van der Waals surface area contributed by atoms with Crippen molar-refractivity contribution in [2.45, 2.75) is 39.7 Å². The van der Waals surface area contributed by atoms with Gasteiger partial charge >= 0.3 is 5.97 Å². The van der Waals surface area contributed by atoms with Crippen molar-refractivity contribution in [3.63, 3.8) is 0 Å². The Morgan fingerprint density at radius 3 is 2.85 bits per heavy atom. The molecule has 2 heterocycles. The van der Waals surface area contributed by atoms with E-state index in [1.54, 1.807) is 12.1 Å². The highest BCUT2D eigenvalue weighted by molar-refractivity contribution is 5.68. The fourth-order valence-electron chi connectivity index (χ4n) is 2.06. The first-order valence-corrected chi connectivity index (χ1v) is 6.37. The van der Waals surface area contributed by atoms with E-state index in [4.69, 9.17) is 5.11 Å². The van der Waals surface area contributed by atoms with Gasteiger partial charge in [0.25, 0.3) is 0 Å². The van der Waals surface area contributed by atoms with Gasteiger partial charge in [-0.2, -0.15) is 0 Å². The van der Waals surface area contributed by atoms with Crippen LogP contribution >= 0.6 is 0 Å². The number of hydrogen-bond acceptors (Lipinski definition) is 6. The first-order valence-electron chi connectivity index (χ1n) is 6.37. The highest BCUT2D eigenvalue weighted by Gasteiger charge is 2.21. The number of hydrogen-bond donors (Lipinski definition) is 2. The van der Waals surface area contributed by atoms with Gasteiger partial charge in [0, 0.05) is 6.04 Å². The summed E-state index contributed by atoms with van der Waals surface area (Å²) in [5, 5.41) is 27.3. The Morgan fingerprint density at radius 1 is 1.45 bits per heavy atom. The van der Waals surface area contributed by atoms with E-state index in [0.717, 1.165) is 0 Å². The lowest BCUT2D eigenvalue weighted by molar-refractivity contribution is -0.137. The smallest absolute Gasteiger partial charge is 0.305 e. The molecule has 0 bridgehead atoms. The third-order valence-corrected chi connectivity index (χ3v) is 2.70. The minimum Gasteiger partial charge on any atom is -0.481 e. The molecule has 2 aromatic rings. The molecule has 0 fully saturated rings. The summed E-state index contributed by atoms with van der Waals surface area (Å²) in [7, 11) is 0. The Balaban J connectivity index is 2.14. The summed E-state index contributed by atoms with van der Waals surface area (Å²) in [6, 6.07) is 3.27. The molecule has 8 nitrogen and oxygen atoms in total. The molecule has 8 heteroatoms. The normalized spacial score (nSPS) is 13.3. The van der Waals surface area contributed by atoms with Crippen molar-refractivity contribution in [3.05, 3.63) is 12.1 Å². The molecular weight excluding hydrogens is 260 g/mol. The summed E-state index contributed by atoms with van der Waals surface area (Å²) in [5.41, 5.74) is 0.563. The van der Waals surface area contributed by atoms with Gasteiger partial charge in [-0.3, -0.25) is 4.79 Å². The topological polar surface area (TPSA) is 105 Å². The first-order chi connectivity index (χ1) is 9.33. The Labute approximate surface area is 116 Å². The fourth-order valence-corrected chi connectivity index (χ4v) is 2.06. The van der Waals surface area contributed by atoms with Crippen LogP contribution in [-0.2, 0) is 4.79 Å². The van der Waals surface area contributed by atoms with Gasteiger partial charge in [-0.05, 0) is 34.4 Å². The van der Waals surface area contributed by atoms with Crippen LogP contribution in [-0.4, -0.2) is 42.4 Å². The predicted octanol–water partition coefficient (Wildman–Crippen LogP) is 1.21. The van der Waals surface area contributed by atoms with Crippen LogP contribution in [0.1, 0.15) is 33.6 Å². The SMILES string of the molecule is CC(C)(C)CC(CC(=O)O)Nc1ccc2nnnn2n1. The van der Waals surface area contributed by atoms with Crippen LogP contribution in [0.4, 0.5) is 5.82 Å². The van der Waals surface area contributed by atoms with Gasteiger partial charge in [0.1, 0.15) is 5.82 Å². The molecule has 108 valence electrons. The highest BCUT2D eigenvalue weighted by atomic mass is 16.4. The minimum absolute atomic E-state index is 0.0199. The lowest BCUT2D eigenvalue weighted by Crippen LogP contribution is -2.29. The van der Waals surface area contributed by atoms with Gasteiger partial charge in [0.05, 0.1) is 6.42 Å². The molecule has 1 unspecified atom stereocenters. The fraction of sp³-hybridized carbons (Fsp3) is 0.583. The van der Waals surface area contributed by atoms with Crippen molar-refractivity contribution in [2.75, 3.05) is 5.32 Å². The van der Waals surface area contributed by atoms with E-state index in [2.05, 4.69) is 46.7 Å². The molecule has 0 aliphatic heterocycles. The van der Waals surface area contributed by atoms with E-state index < -0.39 is 5.97 Å². The zero-order chi connectivity index (χ0) is 14.8. The van der Waals surface area contributed by atoms with Crippen molar-refractivity contribution in [2.24, 2.45) is 5.41 Å². The third-order valence-electron chi connectivity index (χ3n) is 2.70. The van der Waals surface area contributed by atoms with E-state index in [1.807, 2.05) is 0 Å². The van der Waals surface area contributed by atoms with Gasteiger partial charge in [-0.1, -0.05) is 20.8 Å². The molecule has 2 aromatic heterocycles. The molecule has 20 heavy (non-hydrogen) atoms. The summed E-state index contributed by atoms with van der Waals surface area (Å²) < 4.78 is 1.30. The minimum atomic E-state index is -0.838. The van der Waals surface area contributed by atoms with Crippen molar-refractivity contribution in [1.29, 1.82) is 0 Å². The summed E-state index contributed by atoms with van der Waals surface area (Å²) in [6.07, 6.45) is 0.751. The van der Waals surface area contributed by atoms with Crippen molar-refractivity contribution < 1.29 is 9.90 Å². The average molecular weight is 278 g/mol. The van der Waals surface area contributed by atoms with Gasteiger partial charge < -0.3 is 10.4 Å². The first kappa shape index (κ1) is 14.2. The quantitative estimate of drug-likeness (QED) is 0.846. The number of tetrazole rings is 1. The number of aromatic nitrogens is 5. The maximum absolute atomic E-state index is 11.0. The second-order valence-corrected chi connectivity index (χ2v) is 5.95. The van der Waals surface area contributed by atoms with Crippen LogP contribution in [0.25, 0.3) is 5.65 Å². The largest absolute Gasteiger partial charge is 0.481 e. The summed E-state index contributed by atoms with van der Waals surface area (Å²) in [6.45, 7) is 6.21. The number of nitrogens with zero attached hydrogens (tertiary/aromatic N) is 5. The Morgan fingerprint density at radius 2 is 2.20 bits per heavy atom. The van der Waals surface area contributed by atoms with E-state index in [0.29, 0.717) is 17.9 Å². The molecule has 0 spiro atoms. The van der Waals surface area contributed by atoms with Gasteiger partial charge in [0.15, 0.2) is 5.65 Å². The standard InChI is InChI=1S/C12H18N6O2/c1-12(2,3)7-8(6-11(19)20)13-9-4-5-10-14-16-17-18(10)15-9/h4-5,8H,6-7H2,1-3H3,(H,13,15)(H,19,20). The van der Waals surface area contributed by atoms with Gasteiger partial charge in [0.2, 0.25) is 0 Å². The molecule has 2 N–H and O–H groups in total. The number of aliphatic carboxylic acids is 1. The Bertz CT molecular complexity index is 603. The lowest BCUT2D eigenvalue weighted by Gasteiger charge is -2.26. The lowest BCUT2D eigenvalue weighted by atomic mass is 9.87. The second kappa shape index (κ2) is 5.40. The molecule has 0 aromatic carbocycles. The highest BCUT2D eigenvalue weighted by Crippen LogP contribution is 2.24. The number of anilines is 1. The zero-order valence-corrected chi connectivity index (χ0v) is 11.7. The van der Waals surface area contributed by atoms with Crippen LogP contribution in [0.3, 0.4) is 0 Å². The van der Waals surface area contributed by atoms with Gasteiger partial charge in [-0.15, -0.1) is 14.8 Å². The molecule has 0 saturated heterocycles. The Hall–Kier alpha value is -2.25. The van der Waals surface area contributed by atoms with E-state index in [9.17, 15) is 4.79 Å². The summed E-state index contributed by atoms with van der Waals surface area (Å²) >= 11 is 0. The number of carboxylic acids is 1. The van der Waals surface area contributed by atoms with Crippen molar-refractivity contribution in [1.82, 2.24) is 25.3 Å². The van der Waals surface area contributed by atoms with Crippen LogP contribution in [0.5, 0.6) is 0 Å². The van der Waals surface area contributed by atoms with Crippen LogP contribution in [0.15, 0.2) is 12.1 Å². The molecule has 0 aliphatic carbocycles. The van der Waals surface area contributed by atoms with Gasteiger partial charge in [-0.25, -0.2) is 0 Å². The number of carbonyl (C=O) groups is 1. The monoisotopic (exact) mass is 278 g/mol. The second-order valence-electron chi connectivity index (χ2n) is 5.95. The maximum Gasteiger partial charge on any atom is 0.305 e. The number of fused-ring (bicyclic) bond motifs is 1. The van der Waals surface area contributed by atoms with Crippen LogP contribution in [0.2, 0.25) is 0 Å². The molecule has 0 aliphatic rings. The van der Waals surface area contributed by atoms with E-state index in [1.165, 1.54) is 4.63 Å². The van der Waals surface area contributed by atoms with Crippen molar-refractivity contribution in [3.8, 4) is 0 Å². The third kappa shape index (κ3) is 3.87. The Kier molecular flexibility index (Phi) is 3.82. The molecule has 0 radical (unpaired) electrons. The van der Waals surface area contributed by atoms with Crippen LogP contribution < -0.4 is 5.32 Å². The van der Waals surface area contributed by atoms with E-state index >= 15 is 0 Å². The molecular formula is C12H18N6O2. The van der Waals surface area contributed by atoms with Crippen LogP contribution in [0, 0.1) is 5.41 Å². The summed E-state index contributed by atoms with van der Waals surface area (Å²) in [4.78, 5) is 11.0. The average Bonchev–Trinajstić information content (AvgIpc) is 2.72. The number of rotatable bonds is 5.